The van der Waals surface area contributed by atoms with Crippen LogP contribution in [0.3, 0.4) is 0 Å². The van der Waals surface area contributed by atoms with Crippen molar-refractivity contribution in [3.63, 3.8) is 0 Å². The molecule has 14 heavy (non-hydrogen) atoms. The summed E-state index contributed by atoms with van der Waals surface area (Å²) in [5, 5.41) is 16.8. The maximum atomic E-state index is 10.4. The Labute approximate surface area is 80.7 Å². The summed E-state index contributed by atoms with van der Waals surface area (Å²) in [6.07, 6.45) is 0.251. The average Bonchev–Trinajstić information content (AvgIpc) is 2.19. The van der Waals surface area contributed by atoms with Crippen molar-refractivity contribution in [2.75, 3.05) is 0 Å². The van der Waals surface area contributed by atoms with Crippen molar-refractivity contribution in [1.29, 1.82) is 0 Å². The van der Waals surface area contributed by atoms with E-state index in [4.69, 9.17) is 16.1 Å². The standard InChI is InChI=1S/C9H11NO4/c10-8(9(11)12)5-6-1-3-7(14-13)4-2-6/h1-4,8,13H,5,10H2,(H,11,12)/t8-/m0/s1. The number of nitrogens with two attached hydrogens (primary N) is 1. The van der Waals surface area contributed by atoms with Crippen molar-refractivity contribution in [3.05, 3.63) is 29.8 Å². The Morgan fingerprint density at radius 1 is 1.43 bits per heavy atom. The third-order valence-corrected chi connectivity index (χ3v) is 1.80. The highest BCUT2D eigenvalue weighted by Crippen LogP contribution is 2.12. The molecule has 0 aromatic heterocycles. The van der Waals surface area contributed by atoms with E-state index in [0.29, 0.717) is 5.75 Å². The van der Waals surface area contributed by atoms with Crippen molar-refractivity contribution in [1.82, 2.24) is 0 Å². The van der Waals surface area contributed by atoms with Gasteiger partial charge in [0.2, 0.25) is 0 Å². The van der Waals surface area contributed by atoms with Crippen molar-refractivity contribution in [3.8, 4) is 5.75 Å². The second kappa shape index (κ2) is 4.59. The Morgan fingerprint density at radius 3 is 2.43 bits per heavy atom. The van der Waals surface area contributed by atoms with E-state index in [1.165, 1.54) is 12.1 Å². The summed E-state index contributed by atoms with van der Waals surface area (Å²) < 4.78 is 0. The molecule has 0 aliphatic rings. The lowest BCUT2D eigenvalue weighted by molar-refractivity contribution is -0.138. The molecule has 1 aromatic carbocycles. The lowest BCUT2D eigenvalue weighted by Gasteiger charge is -2.06. The van der Waals surface area contributed by atoms with Crippen LogP contribution in [0.25, 0.3) is 0 Å². The van der Waals surface area contributed by atoms with Crippen molar-refractivity contribution >= 4 is 5.97 Å². The quantitative estimate of drug-likeness (QED) is 0.482. The smallest absolute Gasteiger partial charge is 0.320 e. The van der Waals surface area contributed by atoms with Gasteiger partial charge < -0.3 is 15.7 Å². The minimum Gasteiger partial charge on any atom is -0.480 e. The van der Waals surface area contributed by atoms with Gasteiger partial charge in [-0.15, -0.1) is 0 Å². The zero-order valence-corrected chi connectivity index (χ0v) is 7.38. The highest BCUT2D eigenvalue weighted by atomic mass is 17.1. The Balaban J connectivity index is 2.64. The number of benzene rings is 1. The van der Waals surface area contributed by atoms with Crippen LogP contribution in [-0.2, 0) is 11.2 Å². The van der Waals surface area contributed by atoms with E-state index in [2.05, 4.69) is 4.89 Å². The normalized spacial score (nSPS) is 12.1. The van der Waals surface area contributed by atoms with Crippen LogP contribution in [-0.4, -0.2) is 22.4 Å². The van der Waals surface area contributed by atoms with E-state index in [9.17, 15) is 4.79 Å². The summed E-state index contributed by atoms with van der Waals surface area (Å²) in [5.74, 6) is -0.731. The third kappa shape index (κ3) is 2.72. The second-order valence-electron chi connectivity index (χ2n) is 2.88. The van der Waals surface area contributed by atoms with E-state index in [1.807, 2.05) is 0 Å². The molecule has 0 amide bonds. The number of rotatable bonds is 4. The van der Waals surface area contributed by atoms with E-state index in [1.54, 1.807) is 12.1 Å². The summed E-state index contributed by atoms with van der Waals surface area (Å²) in [5.41, 5.74) is 6.12. The molecule has 0 aliphatic carbocycles. The van der Waals surface area contributed by atoms with Crippen LogP contribution in [0.2, 0.25) is 0 Å². The van der Waals surface area contributed by atoms with Crippen LogP contribution in [0.15, 0.2) is 24.3 Å². The third-order valence-electron chi connectivity index (χ3n) is 1.80. The summed E-state index contributed by atoms with van der Waals surface area (Å²) in [4.78, 5) is 14.4. The topological polar surface area (TPSA) is 92.8 Å². The molecule has 0 spiro atoms. The Bertz CT molecular complexity index is 309. The highest BCUT2D eigenvalue weighted by molar-refractivity contribution is 5.73. The van der Waals surface area contributed by atoms with Crippen molar-refractivity contribution in [2.45, 2.75) is 12.5 Å². The maximum absolute atomic E-state index is 10.4. The summed E-state index contributed by atoms with van der Waals surface area (Å²) in [7, 11) is 0. The zero-order chi connectivity index (χ0) is 10.6. The van der Waals surface area contributed by atoms with Gasteiger partial charge in [-0.3, -0.25) is 4.79 Å². The van der Waals surface area contributed by atoms with Crippen LogP contribution in [0.4, 0.5) is 0 Å². The van der Waals surface area contributed by atoms with Crippen LogP contribution < -0.4 is 10.6 Å². The minimum atomic E-state index is -1.03. The molecule has 0 aliphatic heterocycles. The molecule has 76 valence electrons. The summed E-state index contributed by atoms with van der Waals surface area (Å²) in [6.45, 7) is 0. The largest absolute Gasteiger partial charge is 0.480 e. The number of aliphatic carboxylic acids is 1. The molecule has 1 rings (SSSR count). The first-order chi connectivity index (χ1) is 6.63. The van der Waals surface area contributed by atoms with Gasteiger partial charge in [0.15, 0.2) is 5.75 Å². The minimum absolute atomic E-state index is 0.251. The molecule has 5 nitrogen and oxygen atoms in total. The molecule has 0 heterocycles. The van der Waals surface area contributed by atoms with Gasteiger partial charge in [0.1, 0.15) is 6.04 Å². The van der Waals surface area contributed by atoms with Gasteiger partial charge in [0.25, 0.3) is 0 Å². The lowest BCUT2D eigenvalue weighted by atomic mass is 10.1. The number of carboxylic acids is 1. The molecule has 4 N–H and O–H groups in total. The van der Waals surface area contributed by atoms with Gasteiger partial charge in [0, 0.05) is 0 Å². The number of hydrogen-bond acceptors (Lipinski definition) is 4. The van der Waals surface area contributed by atoms with Gasteiger partial charge in [0.05, 0.1) is 0 Å². The highest BCUT2D eigenvalue weighted by Gasteiger charge is 2.11. The Kier molecular flexibility index (Phi) is 3.44. The van der Waals surface area contributed by atoms with Crippen LogP contribution in [0.1, 0.15) is 5.56 Å². The fraction of sp³-hybridized carbons (Fsp3) is 0.222. The summed E-state index contributed by atoms with van der Waals surface area (Å²) >= 11 is 0. The second-order valence-corrected chi connectivity index (χ2v) is 2.88. The first kappa shape index (κ1) is 10.5. The fourth-order valence-electron chi connectivity index (χ4n) is 1.03. The first-order valence-corrected chi connectivity index (χ1v) is 4.02. The molecular formula is C9H11NO4. The SMILES string of the molecule is N[C@@H](Cc1ccc(OO)cc1)C(=O)O. The van der Waals surface area contributed by atoms with E-state index >= 15 is 0 Å². The fourth-order valence-corrected chi connectivity index (χ4v) is 1.03. The molecule has 1 aromatic rings. The molecule has 0 saturated heterocycles. The number of hydrogen-bond donors (Lipinski definition) is 3. The molecule has 0 fully saturated rings. The monoisotopic (exact) mass is 197 g/mol. The van der Waals surface area contributed by atoms with Crippen LogP contribution in [0, 0.1) is 0 Å². The maximum Gasteiger partial charge on any atom is 0.320 e. The van der Waals surface area contributed by atoms with Gasteiger partial charge in [-0.2, -0.15) is 0 Å². The predicted octanol–water partition coefficient (Wildman–Crippen LogP) is 0.493. The first-order valence-electron chi connectivity index (χ1n) is 4.02. The molecule has 0 unspecified atom stereocenters. The van der Waals surface area contributed by atoms with E-state index in [-0.39, 0.29) is 6.42 Å². The average molecular weight is 197 g/mol. The number of carbonyl (C=O) groups is 1. The van der Waals surface area contributed by atoms with Gasteiger partial charge in [-0.25, -0.2) is 5.26 Å². The molecule has 1 atom stereocenters. The molecule has 5 heteroatoms. The Morgan fingerprint density at radius 2 is 2.00 bits per heavy atom. The molecule has 0 saturated carbocycles. The van der Waals surface area contributed by atoms with Crippen LogP contribution >= 0.6 is 0 Å². The zero-order valence-electron chi connectivity index (χ0n) is 7.38. The predicted molar refractivity (Wildman–Crippen MR) is 49.0 cm³/mol. The van der Waals surface area contributed by atoms with Gasteiger partial charge in [-0.05, 0) is 24.1 Å². The molecule has 0 bridgehead atoms. The van der Waals surface area contributed by atoms with Gasteiger partial charge in [-0.1, -0.05) is 12.1 Å². The molecular weight excluding hydrogens is 186 g/mol. The van der Waals surface area contributed by atoms with Crippen molar-refractivity contribution in [2.24, 2.45) is 5.73 Å². The van der Waals surface area contributed by atoms with Crippen LogP contribution in [0.5, 0.6) is 5.75 Å². The lowest BCUT2D eigenvalue weighted by Crippen LogP contribution is -2.32. The van der Waals surface area contributed by atoms with Crippen molar-refractivity contribution < 1.29 is 20.0 Å². The van der Waals surface area contributed by atoms with E-state index < -0.39 is 12.0 Å². The number of carboxylic acid groups (broad SMARTS) is 1. The molecule has 0 radical (unpaired) electrons. The summed E-state index contributed by atoms with van der Waals surface area (Å²) in [6, 6.07) is 5.45. The van der Waals surface area contributed by atoms with Gasteiger partial charge >= 0.3 is 5.97 Å². The Hall–Kier alpha value is -1.59. The van der Waals surface area contributed by atoms with E-state index in [0.717, 1.165) is 5.56 Å².